The number of methoxy groups -OCH3 is 1. The molecule has 0 saturated carbocycles. The van der Waals surface area contributed by atoms with E-state index in [-0.39, 0.29) is 6.04 Å². The second-order valence-corrected chi connectivity index (χ2v) is 4.43. The summed E-state index contributed by atoms with van der Waals surface area (Å²) in [7, 11) is 1.58. The third kappa shape index (κ3) is 3.87. The van der Waals surface area contributed by atoms with Crippen LogP contribution in [0.1, 0.15) is 23.5 Å². The molecular formula is C10H18N2O2S. The van der Waals surface area contributed by atoms with E-state index in [0.29, 0.717) is 13.2 Å². The summed E-state index contributed by atoms with van der Waals surface area (Å²) in [5, 5.41) is 12.7. The Morgan fingerprint density at radius 2 is 2.40 bits per heavy atom. The number of aromatic nitrogens is 1. The number of hydrogen-bond donors (Lipinski definition) is 2. The fraction of sp³-hybridized carbons (Fsp3) is 0.700. The van der Waals surface area contributed by atoms with Crippen LogP contribution in [0, 0.1) is 6.92 Å². The maximum Gasteiger partial charge on any atom is 0.0897 e. The summed E-state index contributed by atoms with van der Waals surface area (Å²) < 4.78 is 4.85. The smallest absolute Gasteiger partial charge is 0.0897 e. The average molecular weight is 230 g/mol. The van der Waals surface area contributed by atoms with Crippen LogP contribution in [-0.4, -0.2) is 36.5 Å². The lowest BCUT2D eigenvalue weighted by Crippen LogP contribution is -2.31. The van der Waals surface area contributed by atoms with Crippen LogP contribution in [0.3, 0.4) is 0 Å². The lowest BCUT2D eigenvalue weighted by Gasteiger charge is -2.15. The van der Waals surface area contributed by atoms with E-state index in [2.05, 4.69) is 17.2 Å². The lowest BCUT2D eigenvalue weighted by atomic mass is 10.2. The van der Waals surface area contributed by atoms with Gasteiger partial charge in [0.2, 0.25) is 0 Å². The molecule has 15 heavy (non-hydrogen) atoms. The van der Waals surface area contributed by atoms with Crippen LogP contribution in [-0.2, 0) is 4.74 Å². The molecule has 1 aromatic heterocycles. The van der Waals surface area contributed by atoms with Gasteiger partial charge in [0.05, 0.1) is 23.9 Å². The third-order valence-electron chi connectivity index (χ3n) is 2.19. The molecule has 86 valence electrons. The highest BCUT2D eigenvalue weighted by molar-refractivity contribution is 7.09. The van der Waals surface area contributed by atoms with Gasteiger partial charge in [0.1, 0.15) is 0 Å². The van der Waals surface area contributed by atoms with Gasteiger partial charge < -0.3 is 15.2 Å². The highest BCUT2D eigenvalue weighted by Gasteiger charge is 2.12. The van der Waals surface area contributed by atoms with Gasteiger partial charge in [-0.2, -0.15) is 0 Å². The Hall–Kier alpha value is -0.490. The van der Waals surface area contributed by atoms with Crippen LogP contribution in [0.2, 0.25) is 0 Å². The first-order valence-corrected chi connectivity index (χ1v) is 5.83. The first-order valence-electron chi connectivity index (χ1n) is 4.95. The van der Waals surface area contributed by atoms with Gasteiger partial charge in [0.25, 0.3) is 0 Å². The number of rotatable bonds is 6. The van der Waals surface area contributed by atoms with E-state index >= 15 is 0 Å². The van der Waals surface area contributed by atoms with Crippen molar-refractivity contribution in [2.24, 2.45) is 0 Å². The molecule has 2 N–H and O–H groups in total. The van der Waals surface area contributed by atoms with E-state index in [4.69, 9.17) is 4.74 Å². The zero-order valence-electron chi connectivity index (χ0n) is 9.36. The monoisotopic (exact) mass is 230 g/mol. The van der Waals surface area contributed by atoms with Crippen molar-refractivity contribution in [3.05, 3.63) is 16.1 Å². The Morgan fingerprint density at radius 1 is 1.67 bits per heavy atom. The lowest BCUT2D eigenvalue weighted by molar-refractivity contribution is 0.0631. The van der Waals surface area contributed by atoms with E-state index in [1.165, 1.54) is 4.88 Å². The molecule has 0 aliphatic heterocycles. The SMILES string of the molecule is COCC(O)CNC(C)c1scnc1C. The molecule has 0 aliphatic carbocycles. The van der Waals surface area contributed by atoms with E-state index in [1.807, 2.05) is 12.4 Å². The first-order chi connectivity index (χ1) is 7.15. The molecule has 5 heteroatoms. The number of aryl methyl sites for hydroxylation is 1. The van der Waals surface area contributed by atoms with Crippen molar-refractivity contribution in [1.29, 1.82) is 0 Å². The highest BCUT2D eigenvalue weighted by atomic mass is 32.1. The van der Waals surface area contributed by atoms with Gasteiger partial charge >= 0.3 is 0 Å². The fourth-order valence-electron chi connectivity index (χ4n) is 1.38. The molecule has 0 radical (unpaired) electrons. The van der Waals surface area contributed by atoms with Crippen LogP contribution < -0.4 is 5.32 Å². The van der Waals surface area contributed by atoms with Crippen LogP contribution in [0.4, 0.5) is 0 Å². The van der Waals surface area contributed by atoms with Crippen molar-refractivity contribution < 1.29 is 9.84 Å². The molecule has 1 rings (SSSR count). The van der Waals surface area contributed by atoms with E-state index in [1.54, 1.807) is 18.4 Å². The summed E-state index contributed by atoms with van der Waals surface area (Å²) >= 11 is 1.64. The van der Waals surface area contributed by atoms with Gasteiger partial charge in [-0.1, -0.05) is 0 Å². The number of thiazole rings is 1. The number of nitrogens with one attached hydrogen (secondary N) is 1. The van der Waals surface area contributed by atoms with E-state index in [0.717, 1.165) is 5.69 Å². The van der Waals surface area contributed by atoms with Gasteiger partial charge in [-0.3, -0.25) is 0 Å². The van der Waals surface area contributed by atoms with Crippen LogP contribution in [0.25, 0.3) is 0 Å². The van der Waals surface area contributed by atoms with Crippen LogP contribution >= 0.6 is 11.3 Å². The summed E-state index contributed by atoms with van der Waals surface area (Å²) in [6, 6.07) is 0.226. The van der Waals surface area contributed by atoms with Crippen molar-refractivity contribution in [3.8, 4) is 0 Å². The fourth-order valence-corrected chi connectivity index (χ4v) is 2.22. The molecule has 0 fully saturated rings. The molecule has 0 bridgehead atoms. The van der Waals surface area contributed by atoms with Gasteiger partial charge in [0.15, 0.2) is 0 Å². The number of aliphatic hydroxyl groups excluding tert-OH is 1. The Balaban J connectivity index is 2.36. The average Bonchev–Trinajstić information content (AvgIpc) is 2.61. The molecular weight excluding hydrogens is 212 g/mol. The Morgan fingerprint density at radius 3 is 2.93 bits per heavy atom. The normalized spacial score (nSPS) is 15.2. The van der Waals surface area contributed by atoms with E-state index in [9.17, 15) is 5.11 Å². The number of aliphatic hydroxyl groups is 1. The van der Waals surface area contributed by atoms with Gasteiger partial charge in [-0.05, 0) is 13.8 Å². The van der Waals surface area contributed by atoms with Crippen molar-refractivity contribution in [1.82, 2.24) is 10.3 Å². The van der Waals surface area contributed by atoms with Crippen molar-refractivity contribution in [2.75, 3.05) is 20.3 Å². The topological polar surface area (TPSA) is 54.4 Å². The molecule has 2 atom stereocenters. The van der Waals surface area contributed by atoms with Crippen molar-refractivity contribution in [2.45, 2.75) is 26.0 Å². The molecule has 0 amide bonds. The minimum absolute atomic E-state index is 0.226. The Kier molecular flexibility index (Phi) is 5.17. The van der Waals surface area contributed by atoms with Crippen LogP contribution in [0.15, 0.2) is 5.51 Å². The summed E-state index contributed by atoms with van der Waals surface area (Å²) in [5.74, 6) is 0. The van der Waals surface area contributed by atoms with Crippen molar-refractivity contribution >= 4 is 11.3 Å². The first kappa shape index (κ1) is 12.6. The predicted molar refractivity (Wildman–Crippen MR) is 61.2 cm³/mol. The molecule has 0 aliphatic rings. The number of hydrogen-bond acceptors (Lipinski definition) is 5. The largest absolute Gasteiger partial charge is 0.389 e. The molecule has 2 unspecified atom stereocenters. The second-order valence-electron chi connectivity index (χ2n) is 3.54. The second kappa shape index (κ2) is 6.17. The van der Waals surface area contributed by atoms with E-state index < -0.39 is 6.10 Å². The number of ether oxygens (including phenoxy) is 1. The standard InChI is InChI=1S/C10H18N2O2S/c1-7(10-8(2)12-6-15-10)11-4-9(13)5-14-3/h6-7,9,11,13H,4-5H2,1-3H3. The van der Waals surface area contributed by atoms with Gasteiger partial charge in [0, 0.05) is 24.6 Å². The quantitative estimate of drug-likeness (QED) is 0.768. The molecule has 0 saturated heterocycles. The maximum atomic E-state index is 9.47. The zero-order chi connectivity index (χ0) is 11.3. The maximum absolute atomic E-state index is 9.47. The molecule has 4 nitrogen and oxygen atoms in total. The van der Waals surface area contributed by atoms with Gasteiger partial charge in [-0.25, -0.2) is 4.98 Å². The Labute approximate surface area is 94.3 Å². The minimum Gasteiger partial charge on any atom is -0.389 e. The van der Waals surface area contributed by atoms with Gasteiger partial charge in [-0.15, -0.1) is 11.3 Å². The molecule has 0 spiro atoms. The predicted octanol–water partition coefficient (Wildman–Crippen LogP) is 1.11. The summed E-state index contributed by atoms with van der Waals surface area (Å²) in [6.45, 7) is 4.96. The third-order valence-corrected chi connectivity index (χ3v) is 3.31. The summed E-state index contributed by atoms with van der Waals surface area (Å²) in [6.07, 6.45) is -0.453. The van der Waals surface area contributed by atoms with Crippen LogP contribution in [0.5, 0.6) is 0 Å². The zero-order valence-corrected chi connectivity index (χ0v) is 10.2. The highest BCUT2D eigenvalue weighted by Crippen LogP contribution is 2.20. The number of nitrogens with zero attached hydrogens (tertiary/aromatic N) is 1. The molecule has 0 aromatic carbocycles. The minimum atomic E-state index is -0.453. The summed E-state index contributed by atoms with van der Waals surface area (Å²) in [5.41, 5.74) is 2.90. The summed E-state index contributed by atoms with van der Waals surface area (Å²) in [4.78, 5) is 5.41. The molecule has 1 aromatic rings. The Bertz CT molecular complexity index is 291. The molecule has 1 heterocycles. The van der Waals surface area contributed by atoms with Crippen molar-refractivity contribution in [3.63, 3.8) is 0 Å².